The van der Waals surface area contributed by atoms with Crippen molar-refractivity contribution in [2.24, 2.45) is 0 Å². The maximum atomic E-state index is 11.6. The van der Waals surface area contributed by atoms with Crippen molar-refractivity contribution in [2.45, 2.75) is 26.4 Å². The topological polar surface area (TPSA) is 75.6 Å². The van der Waals surface area contributed by atoms with Gasteiger partial charge in [-0.2, -0.15) is 0 Å². The third-order valence-corrected chi connectivity index (χ3v) is 1.51. The number of hydrogen-bond acceptors (Lipinski definition) is 4. The van der Waals surface area contributed by atoms with E-state index in [1.807, 2.05) is 0 Å². The average molecular weight is 227 g/mol. The third kappa shape index (κ3) is 4.16. The second kappa shape index (κ2) is 5.34. The Labute approximate surface area is 94.8 Å². The monoisotopic (exact) mass is 227 g/mol. The SMILES string of the molecule is C=CC(O)=C(C(=O)NC)C(=O)OC(C)(C)C. The van der Waals surface area contributed by atoms with E-state index in [1.165, 1.54) is 7.05 Å². The molecule has 0 rings (SSSR count). The molecule has 0 aromatic carbocycles. The van der Waals surface area contributed by atoms with Crippen molar-refractivity contribution in [3.63, 3.8) is 0 Å². The van der Waals surface area contributed by atoms with Gasteiger partial charge >= 0.3 is 5.97 Å². The molecule has 0 aliphatic heterocycles. The molecule has 0 heterocycles. The Kier molecular flexibility index (Phi) is 4.75. The first-order valence-corrected chi connectivity index (χ1v) is 4.74. The average Bonchev–Trinajstić information content (AvgIpc) is 2.14. The first-order valence-electron chi connectivity index (χ1n) is 4.74. The van der Waals surface area contributed by atoms with Crippen molar-refractivity contribution in [1.29, 1.82) is 0 Å². The van der Waals surface area contributed by atoms with Gasteiger partial charge in [-0.1, -0.05) is 6.58 Å². The summed E-state index contributed by atoms with van der Waals surface area (Å²) < 4.78 is 4.98. The van der Waals surface area contributed by atoms with E-state index < -0.39 is 28.8 Å². The zero-order valence-corrected chi connectivity index (χ0v) is 9.96. The van der Waals surface area contributed by atoms with Gasteiger partial charge in [0.1, 0.15) is 11.4 Å². The Morgan fingerprint density at radius 3 is 2.19 bits per heavy atom. The summed E-state index contributed by atoms with van der Waals surface area (Å²) in [5, 5.41) is 11.6. The fourth-order valence-electron chi connectivity index (χ4n) is 0.870. The molecule has 5 nitrogen and oxygen atoms in total. The van der Waals surface area contributed by atoms with Gasteiger partial charge in [0.05, 0.1) is 0 Å². The molecular formula is C11H17NO4. The lowest BCUT2D eigenvalue weighted by Gasteiger charge is -2.20. The second-order valence-electron chi connectivity index (χ2n) is 4.05. The fraction of sp³-hybridized carbons (Fsp3) is 0.455. The molecule has 0 bridgehead atoms. The molecular weight excluding hydrogens is 210 g/mol. The van der Waals surface area contributed by atoms with Gasteiger partial charge < -0.3 is 15.2 Å². The van der Waals surface area contributed by atoms with Crippen molar-refractivity contribution >= 4 is 11.9 Å². The van der Waals surface area contributed by atoms with Crippen LogP contribution in [-0.4, -0.2) is 29.6 Å². The van der Waals surface area contributed by atoms with E-state index in [0.29, 0.717) is 0 Å². The Morgan fingerprint density at radius 1 is 1.38 bits per heavy atom. The zero-order valence-electron chi connectivity index (χ0n) is 9.96. The number of carbonyl (C=O) groups is 2. The van der Waals surface area contributed by atoms with E-state index in [2.05, 4.69) is 11.9 Å². The van der Waals surface area contributed by atoms with Crippen molar-refractivity contribution in [3.8, 4) is 0 Å². The number of allylic oxidation sites excluding steroid dienone is 1. The van der Waals surface area contributed by atoms with Gasteiger partial charge in [0.25, 0.3) is 5.91 Å². The van der Waals surface area contributed by atoms with Crippen LogP contribution in [0.2, 0.25) is 0 Å². The summed E-state index contributed by atoms with van der Waals surface area (Å²) in [5.41, 5.74) is -1.19. The number of amides is 1. The lowest BCUT2D eigenvalue weighted by molar-refractivity contribution is -0.151. The highest BCUT2D eigenvalue weighted by Crippen LogP contribution is 2.13. The van der Waals surface area contributed by atoms with Crippen molar-refractivity contribution in [1.82, 2.24) is 5.32 Å². The maximum Gasteiger partial charge on any atom is 0.348 e. The highest BCUT2D eigenvalue weighted by molar-refractivity contribution is 6.17. The minimum Gasteiger partial charge on any atom is -0.507 e. The summed E-state index contributed by atoms with van der Waals surface area (Å²) in [6, 6.07) is 0. The zero-order chi connectivity index (χ0) is 12.9. The van der Waals surface area contributed by atoms with Crippen molar-refractivity contribution in [2.75, 3.05) is 7.05 Å². The normalized spacial score (nSPS) is 12.5. The highest BCUT2D eigenvalue weighted by Gasteiger charge is 2.27. The van der Waals surface area contributed by atoms with Crippen LogP contribution < -0.4 is 5.32 Å². The minimum atomic E-state index is -0.885. The van der Waals surface area contributed by atoms with Crippen molar-refractivity contribution < 1.29 is 19.4 Å². The summed E-state index contributed by atoms with van der Waals surface area (Å²) in [6.07, 6.45) is 1.01. The highest BCUT2D eigenvalue weighted by atomic mass is 16.6. The summed E-state index contributed by atoms with van der Waals surface area (Å²) in [4.78, 5) is 23.0. The maximum absolute atomic E-state index is 11.6. The summed E-state index contributed by atoms with van der Waals surface area (Å²) in [6.45, 7) is 8.27. The predicted molar refractivity (Wildman–Crippen MR) is 59.8 cm³/mol. The first kappa shape index (κ1) is 14.2. The minimum absolute atomic E-state index is 0.451. The smallest absolute Gasteiger partial charge is 0.348 e. The Hall–Kier alpha value is -1.78. The molecule has 0 aliphatic rings. The molecule has 0 saturated carbocycles. The number of rotatable bonds is 3. The summed E-state index contributed by atoms with van der Waals surface area (Å²) in [5.74, 6) is -2.11. The van der Waals surface area contributed by atoms with Gasteiger partial charge in [-0.3, -0.25) is 4.79 Å². The molecule has 0 aromatic heterocycles. The molecule has 0 aliphatic carbocycles. The largest absolute Gasteiger partial charge is 0.507 e. The molecule has 0 fully saturated rings. The third-order valence-electron chi connectivity index (χ3n) is 1.51. The number of ether oxygens (including phenoxy) is 1. The Balaban J connectivity index is 5.17. The number of aliphatic hydroxyl groups excluding tert-OH is 1. The molecule has 90 valence electrons. The van der Waals surface area contributed by atoms with Crippen LogP contribution in [-0.2, 0) is 14.3 Å². The Morgan fingerprint density at radius 2 is 1.88 bits per heavy atom. The van der Waals surface area contributed by atoms with E-state index in [4.69, 9.17) is 4.74 Å². The lowest BCUT2D eigenvalue weighted by atomic mass is 10.1. The summed E-state index contributed by atoms with van der Waals surface area (Å²) >= 11 is 0. The van der Waals surface area contributed by atoms with E-state index in [1.54, 1.807) is 20.8 Å². The van der Waals surface area contributed by atoms with Crippen LogP contribution in [0.15, 0.2) is 24.0 Å². The van der Waals surface area contributed by atoms with E-state index in [-0.39, 0.29) is 0 Å². The fourth-order valence-corrected chi connectivity index (χ4v) is 0.870. The van der Waals surface area contributed by atoms with Crippen LogP contribution in [0.1, 0.15) is 20.8 Å². The molecule has 5 heteroatoms. The van der Waals surface area contributed by atoms with Crippen LogP contribution in [0.4, 0.5) is 0 Å². The number of hydrogen-bond donors (Lipinski definition) is 2. The molecule has 0 atom stereocenters. The van der Waals surface area contributed by atoms with E-state index in [0.717, 1.165) is 6.08 Å². The van der Waals surface area contributed by atoms with Crippen LogP contribution in [0.3, 0.4) is 0 Å². The molecule has 16 heavy (non-hydrogen) atoms. The molecule has 0 saturated heterocycles. The molecule has 0 radical (unpaired) electrons. The molecule has 0 spiro atoms. The van der Waals surface area contributed by atoms with Crippen LogP contribution in [0.25, 0.3) is 0 Å². The second-order valence-corrected chi connectivity index (χ2v) is 4.05. The number of carbonyl (C=O) groups excluding carboxylic acids is 2. The predicted octanol–water partition coefficient (Wildman–Crippen LogP) is 1.07. The van der Waals surface area contributed by atoms with Gasteiger partial charge in [-0.15, -0.1) is 0 Å². The van der Waals surface area contributed by atoms with Crippen molar-refractivity contribution in [3.05, 3.63) is 24.0 Å². The van der Waals surface area contributed by atoms with Gasteiger partial charge in [-0.25, -0.2) is 4.79 Å². The molecule has 1 amide bonds. The Bertz CT molecular complexity index is 336. The van der Waals surface area contributed by atoms with Crippen LogP contribution >= 0.6 is 0 Å². The summed E-state index contributed by atoms with van der Waals surface area (Å²) in [7, 11) is 1.35. The van der Waals surface area contributed by atoms with Crippen LogP contribution in [0, 0.1) is 0 Å². The van der Waals surface area contributed by atoms with Gasteiger partial charge in [0.15, 0.2) is 5.57 Å². The standard InChI is InChI=1S/C11H17NO4/c1-6-7(13)8(9(14)12-5)10(15)16-11(2,3)4/h6,13H,1H2,2-5H3,(H,12,14). The molecule has 2 N–H and O–H groups in total. The molecule has 0 unspecified atom stereocenters. The molecule has 0 aromatic rings. The quantitative estimate of drug-likeness (QED) is 0.189. The van der Waals surface area contributed by atoms with Gasteiger partial charge in [0, 0.05) is 7.05 Å². The van der Waals surface area contributed by atoms with Gasteiger partial charge in [0.2, 0.25) is 0 Å². The van der Waals surface area contributed by atoms with Gasteiger partial charge in [-0.05, 0) is 26.8 Å². The first-order chi connectivity index (χ1) is 7.22. The number of aliphatic hydroxyl groups is 1. The van der Waals surface area contributed by atoms with E-state index >= 15 is 0 Å². The number of nitrogens with one attached hydrogen (secondary N) is 1. The number of esters is 1. The van der Waals surface area contributed by atoms with E-state index in [9.17, 15) is 14.7 Å². The number of likely N-dealkylation sites (N-methyl/N-ethyl adjacent to an activating group) is 1. The lowest BCUT2D eigenvalue weighted by Crippen LogP contribution is -2.32. The van der Waals surface area contributed by atoms with Crippen LogP contribution in [0.5, 0.6) is 0 Å².